The molecule has 0 spiro atoms. The fourth-order valence-corrected chi connectivity index (χ4v) is 0.669. The summed E-state index contributed by atoms with van der Waals surface area (Å²) in [5.74, 6) is -1.11. The van der Waals surface area contributed by atoms with Crippen LogP contribution in [0.1, 0.15) is 12.8 Å². The summed E-state index contributed by atoms with van der Waals surface area (Å²) in [6.45, 7) is 0.482. The number of nitrogens with two attached hydrogens (primary N) is 2. The van der Waals surface area contributed by atoms with Gasteiger partial charge in [0.2, 0.25) is 0 Å². The minimum atomic E-state index is -1.00. The topological polar surface area (TPSA) is 125 Å². The van der Waals surface area contributed by atoms with E-state index >= 15 is 0 Å². The molecule has 0 aromatic heterocycles. The Bertz CT molecular complexity index is 176. The predicted octanol–water partition coefficient (Wildman–Crippen LogP) is -1.99. The molecule has 0 aliphatic heterocycles. The number of guanidine groups is 1. The third kappa shape index (κ3) is 9.21. The molecule has 0 saturated carbocycles. The van der Waals surface area contributed by atoms with Crippen LogP contribution >= 0.6 is 0 Å². The van der Waals surface area contributed by atoms with Crippen molar-refractivity contribution in [2.75, 3.05) is 6.54 Å². The van der Waals surface area contributed by atoms with Gasteiger partial charge in [0, 0.05) is 6.54 Å². The van der Waals surface area contributed by atoms with Gasteiger partial charge in [-0.3, -0.25) is 10.2 Å². The molecule has 0 rings (SSSR count). The van der Waals surface area contributed by atoms with Gasteiger partial charge in [0.05, 0.1) is 0 Å². The van der Waals surface area contributed by atoms with Crippen LogP contribution in [-0.2, 0) is 4.79 Å². The molecule has 0 amide bonds. The van der Waals surface area contributed by atoms with Gasteiger partial charge in [-0.15, -0.1) is 0 Å². The van der Waals surface area contributed by atoms with Crippen molar-refractivity contribution in [3.63, 3.8) is 0 Å². The fourth-order valence-electron chi connectivity index (χ4n) is 0.669. The minimum absolute atomic E-state index is 0. The zero-order chi connectivity index (χ0) is 9.56. The monoisotopic (exact) mass is 182 g/mol. The number of rotatable bonds is 5. The molecule has 0 aromatic rings. The molecular formula is C6H15LiN4O2. The van der Waals surface area contributed by atoms with Gasteiger partial charge in [0.25, 0.3) is 0 Å². The van der Waals surface area contributed by atoms with Crippen molar-refractivity contribution in [3.8, 4) is 0 Å². The number of carboxylic acids is 1. The second kappa shape index (κ2) is 7.92. The second-order valence-electron chi connectivity index (χ2n) is 2.43. The van der Waals surface area contributed by atoms with E-state index in [2.05, 4.69) is 5.32 Å². The quantitative estimate of drug-likeness (QED) is 0.146. The van der Waals surface area contributed by atoms with Crippen LogP contribution in [0.15, 0.2) is 0 Å². The van der Waals surface area contributed by atoms with Crippen molar-refractivity contribution in [1.82, 2.24) is 5.32 Å². The summed E-state index contributed by atoms with van der Waals surface area (Å²) >= 11 is 0. The molecule has 0 fully saturated rings. The molecule has 1 unspecified atom stereocenters. The standard InChI is InChI=1S/C6H14N4O2.Li.H/c7-4(5(11)12)2-1-3-10-6(8)9;;/h4H,1-3,7H2,(H,11,12)(H4,8,9,10);;. The van der Waals surface area contributed by atoms with Gasteiger partial charge in [0.1, 0.15) is 6.04 Å². The zero-order valence-electron chi connectivity index (χ0n) is 6.71. The van der Waals surface area contributed by atoms with Crippen molar-refractivity contribution < 1.29 is 9.90 Å². The van der Waals surface area contributed by atoms with Gasteiger partial charge in [-0.1, -0.05) is 0 Å². The predicted molar refractivity (Wildman–Crippen MR) is 51.9 cm³/mol. The Morgan fingerprint density at radius 1 is 1.62 bits per heavy atom. The molecule has 0 aliphatic carbocycles. The van der Waals surface area contributed by atoms with Gasteiger partial charge >= 0.3 is 24.8 Å². The van der Waals surface area contributed by atoms with E-state index in [9.17, 15) is 4.79 Å². The molecule has 0 aromatic carbocycles. The Balaban J connectivity index is 0. The fraction of sp³-hybridized carbons (Fsp3) is 0.667. The molecular weight excluding hydrogens is 167 g/mol. The summed E-state index contributed by atoms with van der Waals surface area (Å²) < 4.78 is 0. The summed E-state index contributed by atoms with van der Waals surface area (Å²) in [5, 5.41) is 17.7. The Labute approximate surface area is 88.7 Å². The van der Waals surface area contributed by atoms with Gasteiger partial charge < -0.3 is 21.9 Å². The molecule has 0 heterocycles. The Kier molecular flexibility index (Phi) is 9.02. The molecule has 0 radical (unpaired) electrons. The maximum absolute atomic E-state index is 10.2. The molecule has 1 atom stereocenters. The van der Waals surface area contributed by atoms with Gasteiger partial charge in [-0.25, -0.2) is 0 Å². The zero-order valence-corrected chi connectivity index (χ0v) is 6.71. The van der Waals surface area contributed by atoms with Gasteiger partial charge in [0.15, 0.2) is 5.96 Å². The van der Waals surface area contributed by atoms with E-state index < -0.39 is 12.0 Å². The third-order valence-corrected chi connectivity index (χ3v) is 1.32. The van der Waals surface area contributed by atoms with Crippen LogP contribution in [-0.4, -0.2) is 48.5 Å². The van der Waals surface area contributed by atoms with Crippen LogP contribution in [0.5, 0.6) is 0 Å². The number of nitrogens with one attached hydrogen (secondary N) is 2. The normalized spacial score (nSPS) is 11.2. The number of aliphatic carboxylic acids is 1. The molecule has 6 nitrogen and oxygen atoms in total. The van der Waals surface area contributed by atoms with Crippen LogP contribution in [0.4, 0.5) is 0 Å². The second-order valence-corrected chi connectivity index (χ2v) is 2.43. The first-order valence-electron chi connectivity index (χ1n) is 3.60. The molecule has 7 N–H and O–H groups in total. The van der Waals surface area contributed by atoms with E-state index in [1.807, 2.05) is 0 Å². The molecule has 0 saturated heterocycles. The van der Waals surface area contributed by atoms with Crippen molar-refractivity contribution in [2.45, 2.75) is 18.9 Å². The molecule has 13 heavy (non-hydrogen) atoms. The Morgan fingerprint density at radius 2 is 2.15 bits per heavy atom. The van der Waals surface area contributed by atoms with Crippen molar-refractivity contribution in [1.29, 1.82) is 5.41 Å². The van der Waals surface area contributed by atoms with Crippen LogP contribution in [0, 0.1) is 5.41 Å². The van der Waals surface area contributed by atoms with E-state index in [-0.39, 0.29) is 24.8 Å². The van der Waals surface area contributed by atoms with Crippen LogP contribution in [0.25, 0.3) is 0 Å². The molecule has 0 bridgehead atoms. The van der Waals surface area contributed by atoms with E-state index in [4.69, 9.17) is 22.0 Å². The van der Waals surface area contributed by atoms with E-state index in [1.165, 1.54) is 0 Å². The SMILES string of the molecule is N=C(N)NCCCC(N)C(=O)O.[LiH]. The Morgan fingerprint density at radius 3 is 2.54 bits per heavy atom. The van der Waals surface area contributed by atoms with Gasteiger partial charge in [-0.05, 0) is 12.8 Å². The maximum atomic E-state index is 10.2. The summed E-state index contributed by atoms with van der Waals surface area (Å²) in [7, 11) is 0. The van der Waals surface area contributed by atoms with Crippen molar-refractivity contribution in [3.05, 3.63) is 0 Å². The molecule has 72 valence electrons. The third-order valence-electron chi connectivity index (χ3n) is 1.32. The first kappa shape index (κ1) is 14.8. The van der Waals surface area contributed by atoms with Crippen molar-refractivity contribution in [2.24, 2.45) is 11.5 Å². The Hall–Kier alpha value is -0.703. The summed E-state index contributed by atoms with van der Waals surface area (Å²) in [6.07, 6.45) is 0.975. The number of carboxylic acid groups (broad SMARTS) is 1. The first-order chi connectivity index (χ1) is 5.54. The summed E-state index contributed by atoms with van der Waals surface area (Å²) in [6, 6.07) is -0.821. The van der Waals surface area contributed by atoms with E-state index in [1.54, 1.807) is 0 Å². The average molecular weight is 182 g/mol. The first-order valence-corrected chi connectivity index (χ1v) is 3.60. The molecule has 0 aliphatic rings. The summed E-state index contributed by atoms with van der Waals surface area (Å²) in [4.78, 5) is 10.2. The number of hydrogen-bond acceptors (Lipinski definition) is 3. The van der Waals surface area contributed by atoms with E-state index in [0.29, 0.717) is 19.4 Å². The summed E-state index contributed by atoms with van der Waals surface area (Å²) in [5.41, 5.74) is 10.2. The van der Waals surface area contributed by atoms with Crippen LogP contribution in [0.3, 0.4) is 0 Å². The molecule has 7 heteroatoms. The average Bonchev–Trinajstić information content (AvgIpc) is 1.97. The number of hydrogen-bond donors (Lipinski definition) is 5. The van der Waals surface area contributed by atoms with Gasteiger partial charge in [-0.2, -0.15) is 0 Å². The van der Waals surface area contributed by atoms with Crippen LogP contribution in [0.2, 0.25) is 0 Å². The van der Waals surface area contributed by atoms with Crippen molar-refractivity contribution >= 4 is 30.8 Å². The van der Waals surface area contributed by atoms with Crippen LogP contribution < -0.4 is 16.8 Å². The van der Waals surface area contributed by atoms with E-state index in [0.717, 1.165) is 0 Å². The number of carbonyl (C=O) groups is 1.